The molecule has 0 spiro atoms. The molecule has 0 aliphatic carbocycles. The smallest absolute Gasteiger partial charge is 0.396 e. The molecule has 1 N–H and O–H groups in total. The molecule has 2 saturated heterocycles. The first kappa shape index (κ1) is 31.7. The van der Waals surface area contributed by atoms with Crippen molar-refractivity contribution in [1.29, 1.82) is 0 Å². The van der Waals surface area contributed by atoms with Crippen LogP contribution < -0.4 is 0 Å². The molecule has 0 aromatic heterocycles. The van der Waals surface area contributed by atoms with E-state index in [9.17, 15) is 36.2 Å². The average Bonchev–Trinajstić information content (AvgIpc) is 3.18. The zero-order chi connectivity index (χ0) is 31.0. The summed E-state index contributed by atoms with van der Waals surface area (Å²) in [4.78, 5) is 19.2. The topological polar surface area (TPSA) is 47.0 Å². The number of alkyl halides is 6. The molecule has 11 heteroatoms. The van der Waals surface area contributed by atoms with Crippen LogP contribution in [-0.4, -0.2) is 58.5 Å². The van der Waals surface area contributed by atoms with Gasteiger partial charge in [-0.15, -0.1) is 0 Å². The summed E-state index contributed by atoms with van der Waals surface area (Å²) in [7, 11) is 1.59. The molecule has 0 bridgehead atoms. The highest BCUT2D eigenvalue weighted by molar-refractivity contribution is 5.86. The van der Waals surface area contributed by atoms with E-state index in [2.05, 4.69) is 6.58 Å². The number of aryl methyl sites for hydroxylation is 1. The number of nitrogens with zero attached hydrogens (tertiary/aromatic N) is 3. The number of hydrogen-bond donors (Lipinski definition) is 1. The third kappa shape index (κ3) is 6.11. The number of fused-ring (bicyclic) bond motifs is 1. The van der Waals surface area contributed by atoms with Gasteiger partial charge in [-0.1, -0.05) is 44.2 Å². The van der Waals surface area contributed by atoms with Gasteiger partial charge in [0.15, 0.2) is 0 Å². The molecule has 1 amide bonds. The molecule has 2 aromatic rings. The van der Waals surface area contributed by atoms with Gasteiger partial charge in [0.25, 0.3) is 0 Å². The highest BCUT2D eigenvalue weighted by Crippen LogP contribution is 2.50. The summed E-state index contributed by atoms with van der Waals surface area (Å²) in [6, 6.07) is 8.74. The lowest BCUT2D eigenvalue weighted by Gasteiger charge is -2.48. The van der Waals surface area contributed by atoms with E-state index in [1.165, 1.54) is 0 Å². The van der Waals surface area contributed by atoms with E-state index in [1.807, 2.05) is 47.9 Å². The Morgan fingerprint density at radius 1 is 1.05 bits per heavy atom. The maximum absolute atomic E-state index is 13.8. The van der Waals surface area contributed by atoms with Crippen molar-refractivity contribution in [3.05, 3.63) is 82.7 Å². The van der Waals surface area contributed by atoms with Crippen LogP contribution in [0, 0.1) is 12.3 Å². The number of amides is 1. The first-order chi connectivity index (χ1) is 19.6. The molecular weight excluding hydrogens is 560 g/mol. The van der Waals surface area contributed by atoms with E-state index in [-0.39, 0.29) is 42.8 Å². The summed E-state index contributed by atoms with van der Waals surface area (Å²) in [5.74, 6) is 0.445. The number of rotatable bonds is 9. The largest absolute Gasteiger partial charge is 0.416 e. The standard InChI is InChI=1S/C31H37F6N3O2/c1-5-10-29(11-14-41)18-26-27(25-9-7-6-8-20(25)2)39(12-13-40(26)28(29)42)21(3)38(4)19-22-15-23(30(32,33)34)17-24(16-22)31(35,36)37/h6-9,15-17,26-27,41H,3,5,10-14,18-19H2,1-2,4H3. The van der Waals surface area contributed by atoms with Crippen LogP contribution in [-0.2, 0) is 23.7 Å². The maximum Gasteiger partial charge on any atom is 0.416 e. The minimum absolute atomic E-state index is 0.0178. The molecule has 2 fully saturated rings. The Hall–Kier alpha value is -3.21. The minimum Gasteiger partial charge on any atom is -0.396 e. The van der Waals surface area contributed by atoms with Crippen LogP contribution in [0.1, 0.15) is 66.5 Å². The minimum atomic E-state index is -4.94. The first-order valence-corrected chi connectivity index (χ1v) is 14.1. The highest BCUT2D eigenvalue weighted by atomic mass is 19.4. The van der Waals surface area contributed by atoms with E-state index in [4.69, 9.17) is 0 Å². The summed E-state index contributed by atoms with van der Waals surface area (Å²) < 4.78 is 80.8. The number of carbonyl (C=O) groups is 1. The van der Waals surface area contributed by atoms with Gasteiger partial charge in [-0.25, -0.2) is 0 Å². The van der Waals surface area contributed by atoms with E-state index in [0.29, 0.717) is 38.2 Å². The number of piperazine rings is 1. The maximum atomic E-state index is 13.8. The number of benzene rings is 2. The summed E-state index contributed by atoms with van der Waals surface area (Å²) in [5.41, 5.74) is -1.61. The van der Waals surface area contributed by atoms with Gasteiger partial charge in [-0.2, -0.15) is 26.3 Å². The third-order valence-electron chi connectivity index (χ3n) is 8.66. The van der Waals surface area contributed by atoms with Crippen molar-refractivity contribution in [1.82, 2.24) is 14.7 Å². The van der Waals surface area contributed by atoms with Gasteiger partial charge in [-0.05, 0) is 61.1 Å². The van der Waals surface area contributed by atoms with Crippen LogP contribution >= 0.6 is 0 Å². The SMILES string of the molecule is C=C(N(C)Cc1cc(C(F)(F)F)cc(C(F)(F)F)c1)N1CCN2C(=O)C(CCC)(CCO)CC2C1c1ccccc1C. The second-order valence-corrected chi connectivity index (χ2v) is 11.5. The molecule has 42 heavy (non-hydrogen) atoms. The van der Waals surface area contributed by atoms with Crippen molar-refractivity contribution in [3.63, 3.8) is 0 Å². The number of aliphatic hydroxyl groups excluding tert-OH is 1. The molecule has 2 aromatic carbocycles. The Morgan fingerprint density at radius 2 is 1.67 bits per heavy atom. The molecular formula is C31H37F6N3O2. The number of aliphatic hydroxyl groups is 1. The van der Waals surface area contributed by atoms with Gasteiger partial charge < -0.3 is 19.8 Å². The third-order valence-corrected chi connectivity index (χ3v) is 8.66. The normalized spacial score (nSPS) is 22.9. The summed E-state index contributed by atoms with van der Waals surface area (Å²) in [6.07, 6.45) is -7.59. The number of carbonyl (C=O) groups excluding carboxylic acids is 1. The Kier molecular flexibility index (Phi) is 8.92. The lowest BCUT2D eigenvalue weighted by molar-refractivity contribution is -0.143. The fourth-order valence-electron chi connectivity index (χ4n) is 6.68. The lowest BCUT2D eigenvalue weighted by atomic mass is 9.76. The van der Waals surface area contributed by atoms with Crippen LogP contribution in [0.3, 0.4) is 0 Å². The fraction of sp³-hybridized carbons (Fsp3) is 0.516. The molecule has 3 atom stereocenters. The fourth-order valence-corrected chi connectivity index (χ4v) is 6.68. The Morgan fingerprint density at radius 3 is 2.21 bits per heavy atom. The summed E-state index contributed by atoms with van der Waals surface area (Å²) in [6.45, 7) is 8.61. The molecule has 5 nitrogen and oxygen atoms in total. The van der Waals surface area contributed by atoms with Crippen LogP contribution in [0.25, 0.3) is 0 Å². The Bertz CT molecular complexity index is 1270. The molecule has 2 aliphatic rings. The van der Waals surface area contributed by atoms with E-state index < -0.39 is 28.9 Å². The predicted molar refractivity (Wildman–Crippen MR) is 147 cm³/mol. The first-order valence-electron chi connectivity index (χ1n) is 14.1. The highest BCUT2D eigenvalue weighted by Gasteiger charge is 2.55. The van der Waals surface area contributed by atoms with Gasteiger partial charge in [0, 0.05) is 33.3 Å². The van der Waals surface area contributed by atoms with Crippen LogP contribution in [0.2, 0.25) is 0 Å². The van der Waals surface area contributed by atoms with Crippen LogP contribution in [0.5, 0.6) is 0 Å². The zero-order valence-electron chi connectivity index (χ0n) is 24.0. The molecule has 2 aliphatic heterocycles. The van der Waals surface area contributed by atoms with Gasteiger partial charge in [-0.3, -0.25) is 4.79 Å². The number of hydrogen-bond acceptors (Lipinski definition) is 4. The van der Waals surface area contributed by atoms with Crippen molar-refractivity contribution in [2.24, 2.45) is 5.41 Å². The average molecular weight is 598 g/mol. The molecule has 0 radical (unpaired) electrons. The van der Waals surface area contributed by atoms with Crippen molar-refractivity contribution in [2.75, 3.05) is 26.7 Å². The van der Waals surface area contributed by atoms with Gasteiger partial charge in [0.05, 0.1) is 34.4 Å². The van der Waals surface area contributed by atoms with Crippen molar-refractivity contribution >= 4 is 5.91 Å². The van der Waals surface area contributed by atoms with Crippen molar-refractivity contribution < 1.29 is 36.2 Å². The molecule has 230 valence electrons. The summed E-state index contributed by atoms with van der Waals surface area (Å²) >= 11 is 0. The molecule has 4 rings (SSSR count). The van der Waals surface area contributed by atoms with Gasteiger partial charge in [0.2, 0.25) is 5.91 Å². The van der Waals surface area contributed by atoms with Crippen molar-refractivity contribution in [2.45, 2.75) is 70.5 Å². The molecule has 0 saturated carbocycles. The second kappa shape index (κ2) is 11.8. The van der Waals surface area contributed by atoms with Crippen LogP contribution in [0.15, 0.2) is 54.9 Å². The van der Waals surface area contributed by atoms with E-state index >= 15 is 0 Å². The van der Waals surface area contributed by atoms with E-state index in [0.717, 1.165) is 29.7 Å². The number of halogens is 6. The van der Waals surface area contributed by atoms with Crippen LogP contribution in [0.4, 0.5) is 26.3 Å². The monoisotopic (exact) mass is 597 g/mol. The van der Waals surface area contributed by atoms with Gasteiger partial charge in [0.1, 0.15) is 0 Å². The van der Waals surface area contributed by atoms with E-state index in [1.54, 1.807) is 11.9 Å². The van der Waals surface area contributed by atoms with Crippen molar-refractivity contribution in [3.8, 4) is 0 Å². The Balaban J connectivity index is 1.70. The molecule has 2 heterocycles. The quantitative estimate of drug-likeness (QED) is 0.325. The second-order valence-electron chi connectivity index (χ2n) is 11.5. The molecule has 3 unspecified atom stereocenters. The summed E-state index contributed by atoms with van der Waals surface area (Å²) in [5, 5.41) is 9.85. The van der Waals surface area contributed by atoms with Gasteiger partial charge >= 0.3 is 12.4 Å². The zero-order valence-corrected chi connectivity index (χ0v) is 24.0. The lowest BCUT2D eigenvalue weighted by Crippen LogP contribution is -2.54. The Labute approximate surface area is 242 Å². The predicted octanol–water partition coefficient (Wildman–Crippen LogP) is 6.76.